The third kappa shape index (κ3) is 4.09. The summed E-state index contributed by atoms with van der Waals surface area (Å²) in [5, 5.41) is 0.875. The van der Waals surface area contributed by atoms with Crippen LogP contribution in [0.5, 0.6) is 0 Å². The molecule has 6 heteroatoms. The molecule has 4 saturated carbocycles. The zero-order valence-corrected chi connectivity index (χ0v) is 20.6. The molecule has 1 heterocycles. The van der Waals surface area contributed by atoms with Gasteiger partial charge < -0.3 is 10.7 Å². The van der Waals surface area contributed by atoms with Gasteiger partial charge in [0, 0.05) is 16.6 Å². The molecule has 4 aliphatic carbocycles. The fourth-order valence-corrected chi connectivity index (χ4v) is 8.12. The van der Waals surface area contributed by atoms with Gasteiger partial charge in [0.1, 0.15) is 0 Å². The Balaban J connectivity index is 1.46. The van der Waals surface area contributed by atoms with Crippen molar-refractivity contribution in [2.75, 3.05) is 6.54 Å². The molecule has 1 aromatic heterocycles. The van der Waals surface area contributed by atoms with E-state index < -0.39 is 11.7 Å². The number of hydrogen-bond acceptors (Lipinski definition) is 1. The molecule has 0 aliphatic heterocycles. The predicted molar refractivity (Wildman–Crippen MR) is 136 cm³/mol. The van der Waals surface area contributed by atoms with Gasteiger partial charge in [-0.2, -0.15) is 13.2 Å². The summed E-state index contributed by atoms with van der Waals surface area (Å²) < 4.78 is 40.8. The number of aryl methyl sites for hydroxylation is 1. The molecule has 0 amide bonds. The van der Waals surface area contributed by atoms with Gasteiger partial charge >= 0.3 is 6.18 Å². The van der Waals surface area contributed by atoms with Gasteiger partial charge in [-0.3, -0.25) is 0 Å². The molecule has 186 valence electrons. The summed E-state index contributed by atoms with van der Waals surface area (Å²) in [4.78, 5) is 3.46. The highest BCUT2D eigenvalue weighted by molar-refractivity contribution is 6.31. The summed E-state index contributed by atoms with van der Waals surface area (Å²) in [6.45, 7) is 0.607. The minimum Gasteiger partial charge on any atom is -0.354 e. The number of H-pyrrole nitrogens is 1. The lowest BCUT2D eigenvalue weighted by Gasteiger charge is -2.57. The van der Waals surface area contributed by atoms with Crippen LogP contribution in [0.3, 0.4) is 0 Å². The SMILES string of the molecule is NCCCCc1c(-c2ccc(Cl)c(C(F)(F)F)c2)[nH]c2ccc(C34CC5CC(CC(C5)C3)C4)cc12. The zero-order chi connectivity index (χ0) is 24.4. The molecule has 3 N–H and O–H groups in total. The van der Waals surface area contributed by atoms with Crippen LogP contribution in [-0.4, -0.2) is 11.5 Å². The first kappa shape index (κ1) is 23.4. The predicted octanol–water partition coefficient (Wildman–Crippen LogP) is 8.26. The molecule has 2 nitrogen and oxygen atoms in total. The van der Waals surface area contributed by atoms with Gasteiger partial charge in [0.05, 0.1) is 10.6 Å². The van der Waals surface area contributed by atoms with E-state index in [1.54, 1.807) is 6.07 Å². The van der Waals surface area contributed by atoms with Crippen molar-refractivity contribution in [3.8, 4) is 11.3 Å². The Bertz CT molecular complexity index is 1220. The quantitative estimate of drug-likeness (QED) is 0.329. The number of alkyl halides is 3. The fraction of sp³-hybridized carbons (Fsp3) is 0.517. The molecule has 0 unspecified atom stereocenters. The van der Waals surface area contributed by atoms with Crippen molar-refractivity contribution >= 4 is 22.5 Å². The summed E-state index contributed by atoms with van der Waals surface area (Å²) in [5.74, 6) is 2.58. The molecule has 3 aromatic rings. The van der Waals surface area contributed by atoms with Crippen molar-refractivity contribution < 1.29 is 13.2 Å². The van der Waals surface area contributed by atoms with Gasteiger partial charge in [-0.05, 0) is 128 Å². The smallest absolute Gasteiger partial charge is 0.354 e. The maximum Gasteiger partial charge on any atom is 0.417 e. The summed E-state index contributed by atoms with van der Waals surface area (Å²) >= 11 is 5.92. The van der Waals surface area contributed by atoms with E-state index in [0.717, 1.165) is 59.2 Å². The first-order valence-electron chi connectivity index (χ1n) is 13.0. The van der Waals surface area contributed by atoms with Crippen LogP contribution < -0.4 is 5.73 Å². The molecule has 0 spiro atoms. The Kier molecular flexibility index (Phi) is 5.72. The van der Waals surface area contributed by atoms with Crippen LogP contribution in [0.15, 0.2) is 36.4 Å². The van der Waals surface area contributed by atoms with E-state index in [4.69, 9.17) is 17.3 Å². The minimum absolute atomic E-state index is 0.272. The number of benzene rings is 2. The average Bonchev–Trinajstić information content (AvgIpc) is 3.16. The van der Waals surface area contributed by atoms with E-state index in [0.29, 0.717) is 12.1 Å². The van der Waals surface area contributed by atoms with E-state index in [9.17, 15) is 13.2 Å². The first-order chi connectivity index (χ1) is 16.8. The molecule has 0 atom stereocenters. The monoisotopic (exact) mass is 500 g/mol. The number of nitrogens with two attached hydrogens (primary N) is 1. The third-order valence-corrected chi connectivity index (χ3v) is 9.33. The van der Waals surface area contributed by atoms with Crippen molar-refractivity contribution in [1.82, 2.24) is 4.98 Å². The summed E-state index contributed by atoms with van der Waals surface area (Å²) in [5.41, 5.74) is 10.0. The number of aromatic amines is 1. The lowest BCUT2D eigenvalue weighted by Crippen LogP contribution is -2.48. The van der Waals surface area contributed by atoms with Crippen molar-refractivity contribution in [3.05, 3.63) is 58.1 Å². The van der Waals surface area contributed by atoms with Crippen LogP contribution in [0.25, 0.3) is 22.2 Å². The summed E-state index contributed by atoms with van der Waals surface area (Å²) in [6.07, 6.45) is 6.14. The molecule has 7 rings (SSSR count). The first-order valence-corrected chi connectivity index (χ1v) is 13.4. The van der Waals surface area contributed by atoms with E-state index in [1.807, 2.05) is 0 Å². The minimum atomic E-state index is -4.50. The molecule has 0 saturated heterocycles. The molecule has 4 aliphatic rings. The molecule has 2 aromatic carbocycles. The third-order valence-electron chi connectivity index (χ3n) is 9.00. The van der Waals surface area contributed by atoms with Crippen molar-refractivity contribution in [2.24, 2.45) is 23.5 Å². The lowest BCUT2D eigenvalue weighted by molar-refractivity contribution is -0.137. The highest BCUT2D eigenvalue weighted by atomic mass is 35.5. The molecule has 0 radical (unpaired) electrons. The van der Waals surface area contributed by atoms with Crippen LogP contribution in [0.4, 0.5) is 13.2 Å². The second-order valence-corrected chi connectivity index (χ2v) is 11.8. The number of rotatable bonds is 6. The highest BCUT2D eigenvalue weighted by Crippen LogP contribution is 2.61. The Morgan fingerprint density at radius 1 is 0.943 bits per heavy atom. The summed E-state index contributed by atoms with van der Waals surface area (Å²) in [7, 11) is 0. The maximum atomic E-state index is 13.6. The van der Waals surface area contributed by atoms with Crippen molar-refractivity contribution in [1.29, 1.82) is 0 Å². The fourth-order valence-electron chi connectivity index (χ4n) is 7.89. The molecule has 4 fully saturated rings. The Labute approximate surface area is 209 Å². The zero-order valence-electron chi connectivity index (χ0n) is 19.9. The molecule has 4 bridgehead atoms. The van der Waals surface area contributed by atoms with Gasteiger partial charge in [0.15, 0.2) is 0 Å². The van der Waals surface area contributed by atoms with E-state index in [-0.39, 0.29) is 10.4 Å². The van der Waals surface area contributed by atoms with Crippen molar-refractivity contribution in [3.63, 3.8) is 0 Å². The molecule has 35 heavy (non-hydrogen) atoms. The highest BCUT2D eigenvalue weighted by Gasteiger charge is 2.51. The number of halogens is 4. The Morgan fingerprint density at radius 2 is 1.63 bits per heavy atom. The van der Waals surface area contributed by atoms with Gasteiger partial charge in [0.25, 0.3) is 0 Å². The van der Waals surface area contributed by atoms with E-state index in [1.165, 1.54) is 56.2 Å². The number of aromatic nitrogens is 1. The Hall–Kier alpha value is -1.98. The van der Waals surface area contributed by atoms with E-state index >= 15 is 0 Å². The number of nitrogens with one attached hydrogen (secondary N) is 1. The summed E-state index contributed by atoms with van der Waals surface area (Å²) in [6, 6.07) is 11.0. The van der Waals surface area contributed by atoms with Gasteiger partial charge in [-0.1, -0.05) is 23.7 Å². The number of hydrogen-bond donors (Lipinski definition) is 2. The standard InChI is InChI=1S/C29H32ClF3N2/c30-25-6-4-20(12-24(25)29(31,32)33)27-22(3-1-2-8-34)23-13-21(5-7-26(23)35-27)28-14-17-9-18(15-28)11-19(10-17)16-28/h4-7,12-13,17-19,35H,1-3,8-11,14-16,34H2. The second kappa shape index (κ2) is 8.55. The lowest BCUT2D eigenvalue weighted by atomic mass is 9.48. The maximum absolute atomic E-state index is 13.6. The van der Waals surface area contributed by atoms with Crippen molar-refractivity contribution in [2.45, 2.75) is 69.4 Å². The topological polar surface area (TPSA) is 41.8 Å². The van der Waals surface area contributed by atoms with Crippen LogP contribution in [0.1, 0.15) is 68.1 Å². The number of unbranched alkanes of at least 4 members (excludes halogenated alkanes) is 1. The Morgan fingerprint density at radius 3 is 2.26 bits per heavy atom. The molecular weight excluding hydrogens is 469 g/mol. The van der Waals surface area contributed by atoms with Crippen LogP contribution in [-0.2, 0) is 18.0 Å². The van der Waals surface area contributed by atoms with Crippen LogP contribution in [0, 0.1) is 17.8 Å². The van der Waals surface area contributed by atoms with Gasteiger partial charge in [-0.15, -0.1) is 0 Å². The second-order valence-electron chi connectivity index (χ2n) is 11.4. The molecular formula is C29H32ClF3N2. The number of fused-ring (bicyclic) bond motifs is 1. The van der Waals surface area contributed by atoms with E-state index in [2.05, 4.69) is 23.2 Å². The van der Waals surface area contributed by atoms with Crippen LogP contribution in [0.2, 0.25) is 5.02 Å². The van der Waals surface area contributed by atoms with Gasteiger partial charge in [-0.25, -0.2) is 0 Å². The van der Waals surface area contributed by atoms with Gasteiger partial charge in [0.2, 0.25) is 0 Å². The average molecular weight is 501 g/mol. The largest absolute Gasteiger partial charge is 0.417 e. The normalized spacial score (nSPS) is 27.7. The van der Waals surface area contributed by atoms with Crippen LogP contribution >= 0.6 is 11.6 Å².